The normalized spacial score (nSPS) is 16.3. The number of carbonyl (C=O) groups excluding carboxylic acids is 2. The van der Waals surface area contributed by atoms with Gasteiger partial charge in [-0.05, 0) is 35.7 Å². The van der Waals surface area contributed by atoms with Crippen molar-refractivity contribution in [3.05, 3.63) is 71.5 Å². The Hall–Kier alpha value is -3.85. The molecule has 5 rings (SSSR count). The molecule has 0 spiro atoms. The molecule has 164 valence electrons. The number of rotatable bonds is 6. The molecule has 2 amide bonds. The molecule has 2 aliphatic rings. The Bertz CT molecular complexity index is 1160. The monoisotopic (exact) mass is 434 g/mol. The lowest BCUT2D eigenvalue weighted by atomic mass is 9.97. The molecule has 0 radical (unpaired) electrons. The van der Waals surface area contributed by atoms with Gasteiger partial charge in [0.2, 0.25) is 12.7 Å². The summed E-state index contributed by atoms with van der Waals surface area (Å²) in [5.41, 5.74) is 3.30. The highest BCUT2D eigenvalue weighted by Gasteiger charge is 2.21. The van der Waals surface area contributed by atoms with Crippen LogP contribution in [0.4, 0.5) is 5.69 Å². The van der Waals surface area contributed by atoms with Gasteiger partial charge in [-0.15, -0.1) is 0 Å². The Kier molecular flexibility index (Phi) is 5.47. The van der Waals surface area contributed by atoms with Gasteiger partial charge < -0.3 is 24.8 Å². The standard InChI is InChI=1S/C23H22N4O5/c28-22(24-11-21-18-4-2-1-3-15(18)7-8-30-21)13-27-12-17(10-25-27)26-23(29)16-5-6-19-20(9-16)32-14-31-19/h1-6,9-10,12,21H,7-8,11,13-14H2,(H,24,28)(H,26,29)/t21-/m0/s1. The van der Waals surface area contributed by atoms with Crippen molar-refractivity contribution in [3.8, 4) is 11.5 Å². The number of hydrogen-bond donors (Lipinski definition) is 2. The molecule has 1 atom stereocenters. The number of benzene rings is 2. The molecular formula is C23H22N4O5. The zero-order valence-corrected chi connectivity index (χ0v) is 17.2. The van der Waals surface area contributed by atoms with Crippen LogP contribution in [-0.4, -0.2) is 41.5 Å². The minimum atomic E-state index is -0.305. The Morgan fingerprint density at radius 1 is 1.12 bits per heavy atom. The topological polar surface area (TPSA) is 104 Å². The second-order valence-corrected chi connectivity index (χ2v) is 7.56. The second-order valence-electron chi connectivity index (χ2n) is 7.56. The molecule has 0 saturated carbocycles. The fourth-order valence-corrected chi connectivity index (χ4v) is 3.81. The summed E-state index contributed by atoms with van der Waals surface area (Å²) >= 11 is 0. The summed E-state index contributed by atoms with van der Waals surface area (Å²) in [6, 6.07) is 13.1. The van der Waals surface area contributed by atoms with Gasteiger partial charge in [-0.3, -0.25) is 14.3 Å². The van der Waals surface area contributed by atoms with Crippen molar-refractivity contribution in [2.24, 2.45) is 0 Å². The fraction of sp³-hybridized carbons (Fsp3) is 0.261. The van der Waals surface area contributed by atoms with Gasteiger partial charge in [0.05, 0.1) is 18.5 Å². The van der Waals surface area contributed by atoms with Crippen molar-refractivity contribution < 1.29 is 23.8 Å². The third-order valence-corrected chi connectivity index (χ3v) is 5.41. The molecule has 2 aliphatic heterocycles. The Morgan fingerprint density at radius 3 is 2.94 bits per heavy atom. The van der Waals surface area contributed by atoms with E-state index in [-0.39, 0.29) is 31.3 Å². The van der Waals surface area contributed by atoms with Crippen molar-refractivity contribution in [2.45, 2.75) is 19.1 Å². The van der Waals surface area contributed by atoms with Gasteiger partial charge in [0, 0.05) is 18.3 Å². The molecule has 0 saturated heterocycles. The van der Waals surface area contributed by atoms with Crippen LogP contribution in [-0.2, 0) is 22.5 Å². The lowest BCUT2D eigenvalue weighted by Gasteiger charge is -2.26. The van der Waals surface area contributed by atoms with E-state index in [2.05, 4.69) is 21.8 Å². The molecule has 9 heteroatoms. The van der Waals surface area contributed by atoms with E-state index in [1.54, 1.807) is 24.4 Å². The summed E-state index contributed by atoms with van der Waals surface area (Å²) in [5, 5.41) is 9.83. The van der Waals surface area contributed by atoms with Gasteiger partial charge in [0.25, 0.3) is 5.91 Å². The number of hydrogen-bond acceptors (Lipinski definition) is 6. The van der Waals surface area contributed by atoms with Gasteiger partial charge >= 0.3 is 0 Å². The van der Waals surface area contributed by atoms with Gasteiger partial charge in [-0.2, -0.15) is 5.10 Å². The van der Waals surface area contributed by atoms with Crippen molar-refractivity contribution in [1.82, 2.24) is 15.1 Å². The van der Waals surface area contributed by atoms with Crippen LogP contribution in [0.5, 0.6) is 11.5 Å². The molecule has 1 aromatic heterocycles. The fourth-order valence-electron chi connectivity index (χ4n) is 3.81. The van der Waals surface area contributed by atoms with Crippen LogP contribution >= 0.6 is 0 Å². The summed E-state index contributed by atoms with van der Waals surface area (Å²) < 4.78 is 17.8. The van der Waals surface area contributed by atoms with E-state index in [4.69, 9.17) is 14.2 Å². The summed E-state index contributed by atoms with van der Waals surface area (Å²) in [5.74, 6) is 0.658. The van der Waals surface area contributed by atoms with Crippen molar-refractivity contribution in [1.29, 1.82) is 0 Å². The maximum absolute atomic E-state index is 12.5. The van der Waals surface area contributed by atoms with E-state index in [0.717, 1.165) is 12.0 Å². The van der Waals surface area contributed by atoms with Gasteiger partial charge in [-0.1, -0.05) is 24.3 Å². The van der Waals surface area contributed by atoms with E-state index >= 15 is 0 Å². The van der Waals surface area contributed by atoms with Crippen molar-refractivity contribution in [2.75, 3.05) is 25.3 Å². The van der Waals surface area contributed by atoms with Crippen LogP contribution in [0.3, 0.4) is 0 Å². The predicted molar refractivity (Wildman–Crippen MR) is 115 cm³/mol. The van der Waals surface area contributed by atoms with Crippen molar-refractivity contribution in [3.63, 3.8) is 0 Å². The number of amides is 2. The minimum absolute atomic E-state index is 0.0360. The van der Waals surface area contributed by atoms with Crippen LogP contribution in [0.15, 0.2) is 54.9 Å². The first-order valence-corrected chi connectivity index (χ1v) is 10.4. The average Bonchev–Trinajstić information content (AvgIpc) is 3.46. The molecule has 9 nitrogen and oxygen atoms in total. The van der Waals surface area contributed by atoms with Crippen LogP contribution in [0.1, 0.15) is 27.6 Å². The van der Waals surface area contributed by atoms with Crippen LogP contribution < -0.4 is 20.1 Å². The first-order valence-electron chi connectivity index (χ1n) is 10.4. The van der Waals surface area contributed by atoms with E-state index < -0.39 is 0 Å². The highest BCUT2D eigenvalue weighted by molar-refractivity contribution is 6.04. The lowest BCUT2D eigenvalue weighted by molar-refractivity contribution is -0.122. The van der Waals surface area contributed by atoms with Crippen molar-refractivity contribution >= 4 is 17.5 Å². The van der Waals surface area contributed by atoms with Crippen LogP contribution in [0, 0.1) is 0 Å². The second kappa shape index (κ2) is 8.72. The highest BCUT2D eigenvalue weighted by Crippen LogP contribution is 2.32. The molecule has 2 N–H and O–H groups in total. The molecule has 0 unspecified atom stereocenters. The average molecular weight is 434 g/mol. The molecule has 0 fully saturated rings. The minimum Gasteiger partial charge on any atom is -0.454 e. The summed E-state index contributed by atoms with van der Waals surface area (Å²) in [6.07, 6.45) is 3.84. The molecule has 0 aliphatic carbocycles. The number of aromatic nitrogens is 2. The summed E-state index contributed by atoms with van der Waals surface area (Å²) in [4.78, 5) is 24.9. The maximum atomic E-state index is 12.5. The van der Waals surface area contributed by atoms with Gasteiger partial charge in [0.15, 0.2) is 11.5 Å². The van der Waals surface area contributed by atoms with E-state index in [1.807, 2.05) is 18.2 Å². The quantitative estimate of drug-likeness (QED) is 0.617. The number of ether oxygens (including phenoxy) is 3. The summed E-state index contributed by atoms with van der Waals surface area (Å²) in [7, 11) is 0. The SMILES string of the molecule is O=C(Cn1cc(NC(=O)c2ccc3c(c2)OCO3)cn1)NC[C@@H]1OCCc2ccccc21. The predicted octanol–water partition coefficient (Wildman–Crippen LogP) is 2.29. The highest BCUT2D eigenvalue weighted by atomic mass is 16.7. The lowest BCUT2D eigenvalue weighted by Crippen LogP contribution is -2.34. The Balaban J connectivity index is 1.14. The first kappa shape index (κ1) is 20.1. The van der Waals surface area contributed by atoms with Gasteiger partial charge in [0.1, 0.15) is 12.6 Å². The van der Waals surface area contributed by atoms with E-state index in [1.165, 1.54) is 16.4 Å². The molecule has 0 bridgehead atoms. The zero-order valence-electron chi connectivity index (χ0n) is 17.2. The van der Waals surface area contributed by atoms with Gasteiger partial charge in [-0.25, -0.2) is 0 Å². The number of nitrogens with zero attached hydrogens (tertiary/aromatic N) is 2. The number of fused-ring (bicyclic) bond motifs is 2. The Morgan fingerprint density at radius 2 is 2.00 bits per heavy atom. The van der Waals surface area contributed by atoms with E-state index in [9.17, 15) is 9.59 Å². The molecular weight excluding hydrogens is 412 g/mol. The number of nitrogens with one attached hydrogen (secondary N) is 2. The molecule has 3 aromatic rings. The molecule has 2 aromatic carbocycles. The molecule has 3 heterocycles. The maximum Gasteiger partial charge on any atom is 0.255 e. The summed E-state index contributed by atoms with van der Waals surface area (Å²) in [6.45, 7) is 1.22. The smallest absolute Gasteiger partial charge is 0.255 e. The van der Waals surface area contributed by atoms with Crippen LogP contribution in [0.25, 0.3) is 0 Å². The first-order chi connectivity index (χ1) is 15.7. The Labute approximate surface area is 184 Å². The number of carbonyl (C=O) groups is 2. The largest absolute Gasteiger partial charge is 0.454 e. The third kappa shape index (κ3) is 4.28. The van der Waals surface area contributed by atoms with Crippen LogP contribution in [0.2, 0.25) is 0 Å². The third-order valence-electron chi connectivity index (χ3n) is 5.41. The van der Waals surface area contributed by atoms with E-state index in [0.29, 0.717) is 35.9 Å². The zero-order chi connectivity index (χ0) is 21.9. The number of anilines is 1. The molecule has 32 heavy (non-hydrogen) atoms.